The molecular weight excluding hydrogens is 2010 g/mol. The molecule has 3 fully saturated rings. The molecule has 12 rings (SSSR count). The van der Waals surface area contributed by atoms with Gasteiger partial charge in [0.1, 0.15) is 109 Å². The summed E-state index contributed by atoms with van der Waals surface area (Å²) in [6.07, 6.45) is -17.3. The highest BCUT2D eigenvalue weighted by Gasteiger charge is 2.34. The summed E-state index contributed by atoms with van der Waals surface area (Å²) < 4.78 is 255. The van der Waals surface area contributed by atoms with E-state index in [1.54, 1.807) is 30.6 Å². The van der Waals surface area contributed by atoms with E-state index in [0.717, 1.165) is 170 Å². The monoisotopic (exact) mass is 2130 g/mol. The van der Waals surface area contributed by atoms with E-state index in [1.165, 1.54) is 80.1 Å². The first-order valence-corrected chi connectivity index (χ1v) is 46.5. The Kier molecular flexibility index (Phi) is 69.4. The fourth-order valence-corrected chi connectivity index (χ4v) is 13.8. The molecule has 5 atom stereocenters. The third-order valence-corrected chi connectivity index (χ3v) is 21.5. The number of ether oxygens (including phenoxy) is 13. The SMILES string of the molecule is C.C.C.C1CCOC1.CC(=O)COc1ccc(S)cc1C.CCCOc1ccc(SC[C@@H](COc2ccc(C(F)(F)F)cc2)OCC)cc1C.CCCOc1ccc(SC[C@H](O)COc2ccc(C(F)(F)F)cc2)cc1C.CCO[C@H](COc1ccc(C(F)(F)F)cc1)CSc1ccc(OC)c(C)c1.FC(F)(F)c1ccc(OCC2CO2)cc1.O=C=O.O=C=O.O=C=O.OCC1CO1.Oc1ccc(C(F)(F)F)cc1. The Morgan fingerprint density at radius 1 is 0.424 bits per heavy atom. The van der Waals surface area contributed by atoms with E-state index in [2.05, 4.69) is 30.4 Å². The number of phenols is 1. The van der Waals surface area contributed by atoms with Crippen molar-refractivity contribution in [2.24, 2.45) is 0 Å². The van der Waals surface area contributed by atoms with Crippen LogP contribution in [-0.4, -0.2) is 187 Å². The molecule has 3 heterocycles. The molecule has 144 heavy (non-hydrogen) atoms. The minimum atomic E-state index is -4.37. The molecule has 9 aromatic rings. The number of hydrogen-bond acceptors (Lipinski definition) is 27. The lowest BCUT2D eigenvalue weighted by Crippen LogP contribution is -2.24. The molecular formula is C102H125F15O23S4. The van der Waals surface area contributed by atoms with Gasteiger partial charge in [0.2, 0.25) is 0 Å². The zero-order valence-electron chi connectivity index (χ0n) is 78.6. The normalized spacial score (nSPS) is 13.3. The summed E-state index contributed by atoms with van der Waals surface area (Å²) in [5, 5.41) is 26.8. The summed E-state index contributed by atoms with van der Waals surface area (Å²) in [7, 11) is 1.64. The summed E-state index contributed by atoms with van der Waals surface area (Å²) >= 11 is 8.95. The quantitative estimate of drug-likeness (QED) is 0.0123. The van der Waals surface area contributed by atoms with Gasteiger partial charge in [-0.25, -0.2) is 0 Å². The molecule has 42 heteroatoms. The van der Waals surface area contributed by atoms with Crippen LogP contribution in [0.5, 0.6) is 51.7 Å². The van der Waals surface area contributed by atoms with Crippen LogP contribution in [0.15, 0.2) is 214 Å². The first kappa shape index (κ1) is 135. The number of thioether (sulfide) groups is 3. The highest BCUT2D eigenvalue weighted by molar-refractivity contribution is 7.99. The standard InChI is InChI=1S/C22H27F3O3S.2C20H23F3O3S.C10H9F3O2.C10H12O2S.C7H5F3O.C4H8O.C3H6O2.3CO2.3CH4/c1-4-12-27-21-11-10-20(13-16(21)3)29-15-19(26-5-2)14-28-18-8-6-17(7-9-18)22(23,24)25;1-4-25-17(13-27-18-9-10-19(24-3)14(2)11-18)12-26-16-7-5-15(6-8-16)20(21,22)23;1-3-10-25-19-9-8-18(11-14(19)2)27-13-16(24)12-26-17-6-4-15(5-7-17)20(21,22)23;11-10(12,13)7-1-3-8(4-2-7)14-5-9-6-15-9;1-7-5-9(13)3-4-10(7)12-6-8(2)11;8-7(9,10)5-1-3-6(11)4-2-5;1-2-4-5-3-1;4-1-3-2-5-3;3*2-1-3;;;/h6-11,13,19H,4-5,12,14-15H2,1-3H3;5-11,17H,4,12-13H2,1-3H3;4-9,11,16,24H,3,10,12-13H2,1-2H3;1-4,9H,5-6H2;3-5,13H,6H2,1-2H3;1-4,11H;1-4H2;3-4H,1-2H2;;;;3*1H4/t19-;17-;16-;;;;;;;;;;;/m111.........../s1. The van der Waals surface area contributed by atoms with Crippen molar-refractivity contribution in [3.05, 3.63) is 244 Å². The van der Waals surface area contributed by atoms with E-state index in [9.17, 15) is 75.8 Å². The Morgan fingerprint density at radius 3 is 0.993 bits per heavy atom. The maximum absolute atomic E-state index is 12.6. The number of carbonyl (C=O) groups excluding carboxylic acids is 7. The fourth-order valence-electron chi connectivity index (χ4n) is 10.7. The van der Waals surface area contributed by atoms with Crippen LogP contribution in [0.1, 0.15) is 133 Å². The van der Waals surface area contributed by atoms with Crippen molar-refractivity contribution in [2.45, 2.75) is 191 Å². The van der Waals surface area contributed by atoms with Gasteiger partial charge in [-0.2, -0.15) is 94.6 Å². The van der Waals surface area contributed by atoms with Crippen molar-refractivity contribution >= 4 is 72.2 Å². The van der Waals surface area contributed by atoms with Gasteiger partial charge in [-0.1, -0.05) is 36.1 Å². The van der Waals surface area contributed by atoms with Crippen molar-refractivity contribution in [2.75, 3.05) is 117 Å². The van der Waals surface area contributed by atoms with Crippen molar-refractivity contribution < 1.29 is 176 Å². The summed E-state index contributed by atoms with van der Waals surface area (Å²) in [5.74, 6) is 6.43. The molecule has 23 nitrogen and oxygen atoms in total. The third kappa shape index (κ3) is 61.4. The van der Waals surface area contributed by atoms with Gasteiger partial charge in [-0.3, -0.25) is 4.79 Å². The van der Waals surface area contributed by atoms with Gasteiger partial charge in [0, 0.05) is 63.3 Å². The van der Waals surface area contributed by atoms with Crippen LogP contribution in [0.3, 0.4) is 0 Å². The molecule has 3 saturated heterocycles. The van der Waals surface area contributed by atoms with E-state index in [-0.39, 0.29) is 110 Å². The number of ketones is 1. The minimum Gasteiger partial charge on any atom is -0.508 e. The van der Waals surface area contributed by atoms with Gasteiger partial charge in [0.25, 0.3) is 0 Å². The van der Waals surface area contributed by atoms with Crippen LogP contribution in [0.2, 0.25) is 0 Å². The number of alkyl halides is 15. The average molecular weight is 2130 g/mol. The molecule has 0 spiro atoms. The number of benzene rings is 9. The average Bonchev–Trinajstić information content (AvgIpc) is 1.39. The number of aliphatic hydroxyl groups is 2. The summed E-state index contributed by atoms with van der Waals surface area (Å²) in [6, 6.07) is 45.5. The zero-order valence-corrected chi connectivity index (χ0v) is 81.9. The molecule has 800 valence electrons. The van der Waals surface area contributed by atoms with Crippen LogP contribution in [-0.2, 0) is 88.1 Å². The third-order valence-electron chi connectivity index (χ3n) is 17.8. The van der Waals surface area contributed by atoms with Crippen molar-refractivity contribution in [1.82, 2.24) is 0 Å². The lowest BCUT2D eigenvalue weighted by Gasteiger charge is -2.18. The predicted molar refractivity (Wildman–Crippen MR) is 518 cm³/mol. The number of carbonyl (C=O) groups is 1. The Morgan fingerprint density at radius 2 is 0.722 bits per heavy atom. The van der Waals surface area contributed by atoms with Crippen molar-refractivity contribution in [3.8, 4) is 51.7 Å². The second-order valence-corrected chi connectivity index (χ2v) is 33.2. The highest BCUT2D eigenvalue weighted by Crippen LogP contribution is 2.37. The lowest BCUT2D eigenvalue weighted by atomic mass is 10.2. The van der Waals surface area contributed by atoms with E-state index in [0.29, 0.717) is 79.9 Å². The zero-order chi connectivity index (χ0) is 106. The summed E-state index contributed by atoms with van der Waals surface area (Å²) in [4.78, 5) is 63.5. The second-order valence-electron chi connectivity index (χ2n) is 29.4. The van der Waals surface area contributed by atoms with Crippen molar-refractivity contribution in [3.63, 3.8) is 0 Å². The molecule has 9 aromatic carbocycles. The van der Waals surface area contributed by atoms with Crippen LogP contribution < -0.4 is 37.9 Å². The van der Waals surface area contributed by atoms with Crippen LogP contribution in [0.4, 0.5) is 65.9 Å². The Bertz CT molecular complexity index is 5020. The number of aliphatic hydroxyl groups excluding tert-OH is 2. The summed E-state index contributed by atoms with van der Waals surface area (Å²) in [5.41, 5.74) is 0.622. The molecule has 0 aliphatic carbocycles. The predicted octanol–water partition coefficient (Wildman–Crippen LogP) is 24.8. The van der Waals surface area contributed by atoms with Gasteiger partial charge in [0.15, 0.2) is 5.78 Å². The number of hydrogen-bond donors (Lipinski definition) is 4. The Balaban J connectivity index is 0. The molecule has 3 N–H and O–H groups in total. The van der Waals surface area contributed by atoms with E-state index in [4.69, 9.17) is 95.8 Å². The minimum absolute atomic E-state index is 0. The second kappa shape index (κ2) is 74.0. The molecule has 0 amide bonds. The van der Waals surface area contributed by atoms with Crippen LogP contribution in [0, 0.1) is 27.7 Å². The molecule has 3 aliphatic heterocycles. The largest absolute Gasteiger partial charge is 0.508 e. The Hall–Kier alpha value is -10.9. The summed E-state index contributed by atoms with van der Waals surface area (Å²) in [6.45, 7) is 24.4. The van der Waals surface area contributed by atoms with Crippen molar-refractivity contribution in [1.29, 1.82) is 0 Å². The van der Waals surface area contributed by atoms with E-state index in [1.807, 2.05) is 115 Å². The molecule has 0 bridgehead atoms. The van der Waals surface area contributed by atoms with Gasteiger partial charge < -0.3 is 76.9 Å². The number of Topliss-reactive ketones (excluding diaryl/α,β-unsaturated/α-hetero) is 1. The van der Waals surface area contributed by atoms with Gasteiger partial charge in [-0.15, -0.1) is 47.9 Å². The van der Waals surface area contributed by atoms with Gasteiger partial charge in [0.05, 0.1) is 74.1 Å². The van der Waals surface area contributed by atoms with Gasteiger partial charge >= 0.3 is 49.3 Å². The maximum atomic E-state index is 12.6. The maximum Gasteiger partial charge on any atom is 0.416 e. The number of phenolic OH excluding ortho intramolecular Hbond substituents is 1. The van der Waals surface area contributed by atoms with Gasteiger partial charge in [-0.05, 0) is 291 Å². The van der Waals surface area contributed by atoms with Crippen LogP contribution in [0.25, 0.3) is 0 Å². The van der Waals surface area contributed by atoms with E-state index >= 15 is 0 Å². The molecule has 3 aliphatic rings. The molecule has 0 radical (unpaired) electrons. The Labute approximate surface area is 847 Å². The smallest absolute Gasteiger partial charge is 0.416 e. The number of methoxy groups -OCH3 is 1. The molecule has 0 saturated carbocycles. The first-order valence-electron chi connectivity index (χ1n) is 43.1. The molecule has 0 aromatic heterocycles. The highest BCUT2D eigenvalue weighted by atomic mass is 32.2. The number of aryl methyl sites for hydroxylation is 4. The fraction of sp³-hybridized carbons (Fsp3) is 0.431. The molecule has 2 unspecified atom stereocenters. The first-order chi connectivity index (χ1) is 66.8. The number of halogens is 15. The van der Waals surface area contributed by atoms with E-state index < -0.39 is 64.8 Å². The number of aromatic hydroxyl groups is 1. The number of epoxide rings is 2. The lowest BCUT2D eigenvalue weighted by molar-refractivity contribution is -0.193. The topological polar surface area (TPSA) is 307 Å². The number of thiol groups is 1. The van der Waals surface area contributed by atoms with Crippen LogP contribution >= 0.6 is 47.9 Å². The number of rotatable bonds is 36.